The van der Waals surface area contributed by atoms with E-state index in [2.05, 4.69) is 20.9 Å². The maximum absolute atomic E-state index is 14.0. The summed E-state index contributed by atoms with van der Waals surface area (Å²) in [4.78, 5) is 79.7. The van der Waals surface area contributed by atoms with E-state index >= 15 is 0 Å². The van der Waals surface area contributed by atoms with Gasteiger partial charge in [0, 0.05) is 62.6 Å². The van der Waals surface area contributed by atoms with Crippen molar-refractivity contribution in [1.82, 2.24) is 30.3 Å². The van der Waals surface area contributed by atoms with Crippen LogP contribution in [0.4, 0.5) is 5.69 Å². The number of pyridine rings is 1. The Morgan fingerprint density at radius 3 is 2.49 bits per heavy atom. The molecule has 4 aromatic rings. The summed E-state index contributed by atoms with van der Waals surface area (Å²) >= 11 is 0. The number of aryl methyl sites for hydroxylation is 1. The number of nitrogens with one attached hydrogen (secondary N) is 3. The van der Waals surface area contributed by atoms with Gasteiger partial charge in [0.2, 0.25) is 17.8 Å². The first-order valence-corrected chi connectivity index (χ1v) is 17.8. The number of nitrogens with zero attached hydrogens (tertiary/aromatic N) is 5. The topological polar surface area (TPSA) is 170 Å². The molecule has 2 aromatic heterocycles. The molecule has 4 heterocycles. The van der Waals surface area contributed by atoms with E-state index in [4.69, 9.17) is 9.41 Å². The van der Waals surface area contributed by atoms with Crippen molar-refractivity contribution in [3.8, 4) is 0 Å². The van der Waals surface area contributed by atoms with E-state index < -0.39 is 11.9 Å². The van der Waals surface area contributed by atoms with Gasteiger partial charge in [0.15, 0.2) is 0 Å². The number of likely N-dealkylation sites (tertiary alicyclic amines) is 2. The molecule has 0 bridgehead atoms. The summed E-state index contributed by atoms with van der Waals surface area (Å²) in [5.74, 6) is -0.735. The molecule has 2 aliphatic rings. The number of amides is 5. The van der Waals surface area contributed by atoms with Crippen LogP contribution in [0.3, 0.4) is 0 Å². The van der Waals surface area contributed by atoms with Crippen molar-refractivity contribution in [3.05, 3.63) is 95.5 Å². The Kier molecular flexibility index (Phi) is 11.5. The molecule has 5 amide bonds. The number of aliphatic imine (C=N–C) groups is 1. The molecule has 0 spiro atoms. The average molecular weight is 721 g/mol. The van der Waals surface area contributed by atoms with Gasteiger partial charge in [-0.15, -0.1) is 0 Å². The third kappa shape index (κ3) is 9.07. The summed E-state index contributed by atoms with van der Waals surface area (Å²) in [6.07, 6.45) is 4.68. The highest BCUT2D eigenvalue weighted by Crippen LogP contribution is 2.24. The van der Waals surface area contributed by atoms with Gasteiger partial charge in [0.1, 0.15) is 23.1 Å². The molecular formula is C39H44N8O6. The normalized spacial score (nSPS) is 17.7. The van der Waals surface area contributed by atoms with E-state index in [1.807, 2.05) is 25.1 Å². The van der Waals surface area contributed by atoms with E-state index in [9.17, 15) is 24.0 Å². The van der Waals surface area contributed by atoms with E-state index in [-0.39, 0.29) is 53.4 Å². The fourth-order valence-corrected chi connectivity index (χ4v) is 6.60. The van der Waals surface area contributed by atoms with Gasteiger partial charge >= 0.3 is 0 Å². The van der Waals surface area contributed by atoms with Crippen LogP contribution in [0.25, 0.3) is 11.0 Å². The molecule has 2 atom stereocenters. The highest BCUT2D eigenvalue weighted by atomic mass is 16.3. The molecule has 14 nitrogen and oxygen atoms in total. The summed E-state index contributed by atoms with van der Waals surface area (Å²) < 4.78 is 5.71. The lowest BCUT2D eigenvalue weighted by atomic mass is 10.1. The predicted molar refractivity (Wildman–Crippen MR) is 199 cm³/mol. The number of guanidine groups is 1. The Labute approximate surface area is 307 Å². The smallest absolute Gasteiger partial charge is 0.271 e. The number of carbonyl (C=O) groups is 5. The van der Waals surface area contributed by atoms with Crippen LogP contribution in [0.2, 0.25) is 0 Å². The fraction of sp³-hybridized carbons (Fsp3) is 0.359. The molecule has 2 unspecified atom stereocenters. The molecule has 14 heteroatoms. The molecule has 2 aromatic carbocycles. The minimum absolute atomic E-state index is 0.0447. The molecule has 276 valence electrons. The van der Waals surface area contributed by atoms with Crippen molar-refractivity contribution in [2.24, 2.45) is 4.99 Å². The van der Waals surface area contributed by atoms with Crippen LogP contribution in [0.1, 0.15) is 69.1 Å². The first-order valence-electron chi connectivity index (χ1n) is 17.8. The molecular weight excluding hydrogens is 676 g/mol. The zero-order valence-corrected chi connectivity index (χ0v) is 30.1. The van der Waals surface area contributed by atoms with Gasteiger partial charge in [-0.05, 0) is 87.6 Å². The second-order valence-electron chi connectivity index (χ2n) is 13.5. The second kappa shape index (κ2) is 16.5. The van der Waals surface area contributed by atoms with E-state index in [0.29, 0.717) is 55.7 Å². The lowest BCUT2D eigenvalue weighted by molar-refractivity contribution is -0.141. The summed E-state index contributed by atoms with van der Waals surface area (Å²) in [7, 11) is 3.23. The second-order valence-corrected chi connectivity index (χ2v) is 13.5. The number of hydrogen-bond acceptors (Lipinski definition) is 8. The van der Waals surface area contributed by atoms with Gasteiger partial charge in [0.05, 0.1) is 12.1 Å². The van der Waals surface area contributed by atoms with Crippen LogP contribution >= 0.6 is 0 Å². The predicted octanol–water partition coefficient (Wildman–Crippen LogP) is 3.84. The SMILES string of the molecule is Cc1cc2cc(NC(=NC3CCCCN(CC(=O)N4CCCC4CNC(=O)c4ccccc4)C3=O)NC(=O)c3ccc(C(=O)N(C)C)nc3)ccc2o1. The zero-order chi connectivity index (χ0) is 37.5. The number of aromatic nitrogens is 1. The fourth-order valence-electron chi connectivity index (χ4n) is 6.60. The molecule has 3 N–H and O–H groups in total. The van der Waals surface area contributed by atoms with Crippen LogP contribution in [0, 0.1) is 6.92 Å². The van der Waals surface area contributed by atoms with Gasteiger partial charge in [-0.3, -0.25) is 34.3 Å². The largest absolute Gasteiger partial charge is 0.461 e. The lowest BCUT2D eigenvalue weighted by Crippen LogP contribution is -2.49. The number of anilines is 1. The van der Waals surface area contributed by atoms with Crippen LogP contribution in [-0.4, -0.2) is 108 Å². The third-order valence-corrected chi connectivity index (χ3v) is 9.38. The van der Waals surface area contributed by atoms with Crippen molar-refractivity contribution < 1.29 is 28.4 Å². The highest BCUT2D eigenvalue weighted by molar-refractivity contribution is 6.11. The minimum Gasteiger partial charge on any atom is -0.461 e. The quantitative estimate of drug-likeness (QED) is 0.173. The first kappa shape index (κ1) is 36.7. The minimum atomic E-state index is -0.870. The van der Waals surface area contributed by atoms with Crippen LogP contribution in [0.5, 0.6) is 0 Å². The molecule has 6 rings (SSSR count). The molecule has 0 aliphatic carbocycles. The van der Waals surface area contributed by atoms with E-state index in [0.717, 1.165) is 24.0 Å². The lowest BCUT2D eigenvalue weighted by Gasteiger charge is -2.29. The maximum Gasteiger partial charge on any atom is 0.271 e. The number of hydrogen-bond donors (Lipinski definition) is 3. The van der Waals surface area contributed by atoms with Gasteiger partial charge in [-0.2, -0.15) is 0 Å². The summed E-state index contributed by atoms with van der Waals surface area (Å²) in [5, 5.41) is 9.76. The van der Waals surface area contributed by atoms with Crippen molar-refractivity contribution in [1.29, 1.82) is 0 Å². The van der Waals surface area contributed by atoms with Gasteiger partial charge in [-0.25, -0.2) is 4.99 Å². The number of furan rings is 1. The average Bonchev–Trinajstić information content (AvgIpc) is 3.75. The molecule has 53 heavy (non-hydrogen) atoms. The standard InChI is InChI=1S/C39H44N8O6/c1-25-20-28-21-29(15-17-33(28)53-25)42-39(44-36(50)27-14-16-31(40-22-27)37(51)45(2)3)43-32-13-7-8-18-46(38(32)52)24-34(48)47-19-9-12-30(47)23-41-35(49)26-10-5-4-6-11-26/h4-6,10-11,14-17,20-22,30,32H,7-9,12-13,18-19,23-24H2,1-3H3,(H,41,49)(H2,42,43,44,50). The number of carbonyl (C=O) groups excluding carboxylic acids is 5. The highest BCUT2D eigenvalue weighted by Gasteiger charge is 2.34. The Bertz CT molecular complexity index is 2010. The summed E-state index contributed by atoms with van der Waals surface area (Å²) in [6, 6.07) is 18.2. The first-order chi connectivity index (χ1) is 25.5. The van der Waals surface area contributed by atoms with E-state index in [1.165, 1.54) is 23.2 Å². The van der Waals surface area contributed by atoms with E-state index in [1.54, 1.807) is 60.3 Å². The van der Waals surface area contributed by atoms with Crippen LogP contribution in [-0.2, 0) is 9.59 Å². The van der Waals surface area contributed by atoms with Gasteiger partial charge in [0.25, 0.3) is 17.7 Å². The molecule has 2 saturated heterocycles. The zero-order valence-electron chi connectivity index (χ0n) is 30.1. The van der Waals surface area contributed by atoms with Crippen molar-refractivity contribution in [2.45, 2.75) is 51.1 Å². The molecule has 2 fully saturated rings. The molecule has 2 aliphatic heterocycles. The number of benzene rings is 2. The molecule has 0 saturated carbocycles. The number of fused-ring (bicyclic) bond motifs is 1. The Balaban J connectivity index is 1.18. The van der Waals surface area contributed by atoms with Crippen molar-refractivity contribution >= 4 is 52.2 Å². The van der Waals surface area contributed by atoms with Crippen LogP contribution < -0.4 is 16.0 Å². The van der Waals surface area contributed by atoms with Gasteiger partial charge in [-0.1, -0.05) is 18.2 Å². The monoisotopic (exact) mass is 720 g/mol. The third-order valence-electron chi connectivity index (χ3n) is 9.38. The summed E-state index contributed by atoms with van der Waals surface area (Å²) in [6.45, 7) is 3.02. The maximum atomic E-state index is 14.0. The molecule has 0 radical (unpaired) electrons. The van der Waals surface area contributed by atoms with Crippen molar-refractivity contribution in [2.75, 3.05) is 45.6 Å². The Morgan fingerprint density at radius 1 is 0.925 bits per heavy atom. The van der Waals surface area contributed by atoms with Crippen LogP contribution in [0.15, 0.2) is 82.3 Å². The van der Waals surface area contributed by atoms with Gasteiger partial charge < -0.3 is 29.8 Å². The number of rotatable bonds is 9. The Hall–Kier alpha value is -6.05. The Morgan fingerprint density at radius 2 is 1.74 bits per heavy atom. The van der Waals surface area contributed by atoms with Crippen molar-refractivity contribution in [3.63, 3.8) is 0 Å². The summed E-state index contributed by atoms with van der Waals surface area (Å²) in [5.41, 5.74) is 2.24.